The number of hydrogen-bond donors (Lipinski definition) is 0. The van der Waals surface area contributed by atoms with Crippen LogP contribution < -0.4 is 0 Å². The molecule has 0 saturated heterocycles. The second kappa shape index (κ2) is 8.52. The average Bonchev–Trinajstić information content (AvgIpc) is 3.16. The Morgan fingerprint density at radius 2 is 1.96 bits per heavy atom. The standard InChI is InChI=1S/C21H19ClF2N2O2/c1-13(14-7-8-17(23)18(24)11-14)26(2)21(27)10-9-20-25-12-19(28-20)15-5-3-4-6-16(15)22/h3-8,11-13H,9-10H2,1-2H3/t13-/m1/s1. The van der Waals surface area contributed by atoms with Crippen molar-refractivity contribution in [3.63, 3.8) is 0 Å². The number of nitrogens with zero attached hydrogens (tertiary/aromatic N) is 2. The van der Waals surface area contributed by atoms with Gasteiger partial charge in [-0.2, -0.15) is 0 Å². The van der Waals surface area contributed by atoms with Crippen molar-refractivity contribution in [2.24, 2.45) is 0 Å². The first-order chi connectivity index (χ1) is 13.4. The molecule has 0 N–H and O–H groups in total. The maximum Gasteiger partial charge on any atom is 0.223 e. The summed E-state index contributed by atoms with van der Waals surface area (Å²) in [5.41, 5.74) is 1.25. The van der Waals surface area contributed by atoms with E-state index in [2.05, 4.69) is 4.98 Å². The molecule has 0 aliphatic rings. The van der Waals surface area contributed by atoms with Crippen molar-refractivity contribution in [1.82, 2.24) is 9.88 Å². The van der Waals surface area contributed by atoms with E-state index in [1.807, 2.05) is 18.2 Å². The van der Waals surface area contributed by atoms with Gasteiger partial charge in [0, 0.05) is 25.5 Å². The van der Waals surface area contributed by atoms with E-state index in [0.717, 1.165) is 17.7 Å². The second-order valence-electron chi connectivity index (χ2n) is 6.45. The van der Waals surface area contributed by atoms with Crippen LogP contribution in [-0.2, 0) is 11.2 Å². The van der Waals surface area contributed by atoms with Crippen LogP contribution in [0.4, 0.5) is 8.78 Å². The molecule has 0 radical (unpaired) electrons. The lowest BCUT2D eigenvalue weighted by Crippen LogP contribution is -2.30. The van der Waals surface area contributed by atoms with Crippen LogP contribution in [0.1, 0.15) is 30.8 Å². The van der Waals surface area contributed by atoms with Gasteiger partial charge in [0.25, 0.3) is 0 Å². The lowest BCUT2D eigenvalue weighted by atomic mass is 10.1. The van der Waals surface area contributed by atoms with E-state index in [1.165, 1.54) is 11.0 Å². The molecule has 0 aliphatic carbocycles. The van der Waals surface area contributed by atoms with Gasteiger partial charge in [0.15, 0.2) is 23.3 Å². The molecule has 4 nitrogen and oxygen atoms in total. The zero-order valence-electron chi connectivity index (χ0n) is 15.5. The lowest BCUT2D eigenvalue weighted by Gasteiger charge is -2.25. The molecule has 1 amide bonds. The largest absolute Gasteiger partial charge is 0.441 e. The van der Waals surface area contributed by atoms with E-state index >= 15 is 0 Å². The molecule has 0 spiro atoms. The predicted octanol–water partition coefficient (Wildman–Crippen LogP) is 5.43. The number of benzene rings is 2. The van der Waals surface area contributed by atoms with Crippen LogP contribution in [0.25, 0.3) is 11.3 Å². The zero-order valence-corrected chi connectivity index (χ0v) is 16.2. The number of oxazole rings is 1. The predicted molar refractivity (Wildman–Crippen MR) is 103 cm³/mol. The Labute approximate surface area is 166 Å². The molecule has 0 aliphatic heterocycles. The fourth-order valence-electron chi connectivity index (χ4n) is 2.81. The molecule has 3 aromatic rings. The molecule has 0 saturated carbocycles. The molecule has 7 heteroatoms. The fraction of sp³-hybridized carbons (Fsp3) is 0.238. The Kier molecular flexibility index (Phi) is 6.09. The van der Waals surface area contributed by atoms with Gasteiger partial charge >= 0.3 is 0 Å². The normalized spacial score (nSPS) is 12.0. The minimum Gasteiger partial charge on any atom is -0.441 e. The number of halogens is 3. The molecular weight excluding hydrogens is 386 g/mol. The summed E-state index contributed by atoms with van der Waals surface area (Å²) < 4.78 is 32.2. The quantitative estimate of drug-likeness (QED) is 0.550. The Morgan fingerprint density at radius 1 is 1.21 bits per heavy atom. The highest BCUT2D eigenvalue weighted by Crippen LogP contribution is 2.28. The average molecular weight is 405 g/mol. The Morgan fingerprint density at radius 3 is 2.68 bits per heavy atom. The Balaban J connectivity index is 1.62. The molecule has 1 atom stereocenters. The fourth-order valence-corrected chi connectivity index (χ4v) is 3.04. The molecule has 0 fully saturated rings. The SMILES string of the molecule is C[C@H](c1ccc(F)c(F)c1)N(C)C(=O)CCc1ncc(-c2ccccc2Cl)o1. The summed E-state index contributed by atoms with van der Waals surface area (Å²) in [5.74, 6) is -1.04. The van der Waals surface area contributed by atoms with Crippen LogP contribution in [-0.4, -0.2) is 22.8 Å². The van der Waals surface area contributed by atoms with Gasteiger partial charge in [-0.05, 0) is 36.8 Å². The van der Waals surface area contributed by atoms with E-state index in [9.17, 15) is 13.6 Å². The van der Waals surface area contributed by atoms with E-state index in [-0.39, 0.29) is 12.3 Å². The summed E-state index contributed by atoms with van der Waals surface area (Å²) in [4.78, 5) is 18.2. The van der Waals surface area contributed by atoms with Crippen molar-refractivity contribution >= 4 is 17.5 Å². The summed E-state index contributed by atoms with van der Waals surface area (Å²) in [6.45, 7) is 1.76. The number of carbonyl (C=O) groups is 1. The van der Waals surface area contributed by atoms with Gasteiger partial charge in [0.2, 0.25) is 5.91 Å². The van der Waals surface area contributed by atoms with E-state index in [4.69, 9.17) is 16.0 Å². The highest BCUT2D eigenvalue weighted by Gasteiger charge is 2.19. The highest BCUT2D eigenvalue weighted by atomic mass is 35.5. The monoisotopic (exact) mass is 404 g/mol. The highest BCUT2D eigenvalue weighted by molar-refractivity contribution is 6.33. The van der Waals surface area contributed by atoms with E-state index < -0.39 is 17.7 Å². The molecule has 0 bridgehead atoms. The van der Waals surface area contributed by atoms with Crippen molar-refractivity contribution in [3.8, 4) is 11.3 Å². The summed E-state index contributed by atoms with van der Waals surface area (Å²) in [6.07, 6.45) is 2.07. The smallest absolute Gasteiger partial charge is 0.223 e. The number of aryl methyl sites for hydroxylation is 1. The van der Waals surface area contributed by atoms with Gasteiger partial charge in [0.1, 0.15) is 0 Å². The van der Waals surface area contributed by atoms with Crippen molar-refractivity contribution in [2.45, 2.75) is 25.8 Å². The maximum atomic E-state index is 13.4. The minimum atomic E-state index is -0.933. The van der Waals surface area contributed by atoms with Crippen LogP contribution in [0.15, 0.2) is 53.1 Å². The summed E-state index contributed by atoms with van der Waals surface area (Å²) in [6, 6.07) is 10.5. The molecule has 1 aromatic heterocycles. The van der Waals surface area contributed by atoms with Crippen LogP contribution >= 0.6 is 11.6 Å². The molecule has 0 unspecified atom stereocenters. The third-order valence-electron chi connectivity index (χ3n) is 4.65. The summed E-state index contributed by atoms with van der Waals surface area (Å²) in [7, 11) is 1.62. The molecule has 1 heterocycles. The maximum absolute atomic E-state index is 13.4. The van der Waals surface area contributed by atoms with Crippen LogP contribution in [0.5, 0.6) is 0 Å². The molecular formula is C21H19ClF2N2O2. The van der Waals surface area contributed by atoms with Gasteiger partial charge in [-0.15, -0.1) is 0 Å². The van der Waals surface area contributed by atoms with E-state index in [0.29, 0.717) is 28.7 Å². The van der Waals surface area contributed by atoms with Gasteiger partial charge < -0.3 is 9.32 Å². The zero-order chi connectivity index (χ0) is 20.3. The number of rotatable bonds is 6. The first-order valence-electron chi connectivity index (χ1n) is 8.77. The molecule has 146 valence electrons. The van der Waals surface area contributed by atoms with Gasteiger partial charge in [-0.25, -0.2) is 13.8 Å². The van der Waals surface area contributed by atoms with Crippen LogP contribution in [0.2, 0.25) is 5.02 Å². The Bertz CT molecular complexity index is 990. The summed E-state index contributed by atoms with van der Waals surface area (Å²) in [5, 5.41) is 0.557. The topological polar surface area (TPSA) is 46.3 Å². The number of hydrogen-bond acceptors (Lipinski definition) is 3. The molecule has 2 aromatic carbocycles. The van der Waals surface area contributed by atoms with E-state index in [1.54, 1.807) is 26.2 Å². The third-order valence-corrected chi connectivity index (χ3v) is 4.98. The molecule has 28 heavy (non-hydrogen) atoms. The Hall–Kier alpha value is -2.73. The van der Waals surface area contributed by atoms with Crippen LogP contribution in [0, 0.1) is 11.6 Å². The summed E-state index contributed by atoms with van der Waals surface area (Å²) >= 11 is 6.15. The molecule has 3 rings (SSSR count). The lowest BCUT2D eigenvalue weighted by molar-refractivity contribution is -0.131. The van der Waals surface area contributed by atoms with Crippen LogP contribution in [0.3, 0.4) is 0 Å². The number of carbonyl (C=O) groups excluding carboxylic acids is 1. The third kappa shape index (κ3) is 4.39. The van der Waals surface area contributed by atoms with Gasteiger partial charge in [0.05, 0.1) is 17.3 Å². The van der Waals surface area contributed by atoms with Crippen molar-refractivity contribution < 1.29 is 18.0 Å². The number of amides is 1. The van der Waals surface area contributed by atoms with Crippen molar-refractivity contribution in [2.75, 3.05) is 7.05 Å². The van der Waals surface area contributed by atoms with Gasteiger partial charge in [-0.1, -0.05) is 29.8 Å². The van der Waals surface area contributed by atoms with Crippen molar-refractivity contribution in [1.29, 1.82) is 0 Å². The first-order valence-corrected chi connectivity index (χ1v) is 9.15. The minimum absolute atomic E-state index is 0.158. The first kappa shape index (κ1) is 20.0. The van der Waals surface area contributed by atoms with Crippen molar-refractivity contribution in [3.05, 3.63) is 76.8 Å². The number of aromatic nitrogens is 1. The second-order valence-corrected chi connectivity index (χ2v) is 6.86. The van der Waals surface area contributed by atoms with Gasteiger partial charge in [-0.3, -0.25) is 4.79 Å².